The van der Waals surface area contributed by atoms with Crippen molar-refractivity contribution in [1.82, 2.24) is 0 Å². The molecule has 1 heterocycles. The van der Waals surface area contributed by atoms with Crippen LogP contribution in [0.4, 0.5) is 0 Å². The van der Waals surface area contributed by atoms with Crippen molar-refractivity contribution in [2.75, 3.05) is 0 Å². The van der Waals surface area contributed by atoms with Crippen LogP contribution in [0, 0.1) is 5.41 Å². The molecule has 60 valence electrons. The summed E-state index contributed by atoms with van der Waals surface area (Å²) in [6.07, 6.45) is 1.69. The average molecular weight is 144 g/mol. The third kappa shape index (κ3) is 1.32. The Bertz CT molecular complexity index is 120. The van der Waals surface area contributed by atoms with Crippen LogP contribution in [0.2, 0.25) is 0 Å². The summed E-state index contributed by atoms with van der Waals surface area (Å²) in [5.74, 6) is 0. The van der Waals surface area contributed by atoms with Crippen molar-refractivity contribution in [2.24, 2.45) is 5.41 Å². The average Bonchev–Trinajstić information content (AvgIpc) is 2.08. The summed E-state index contributed by atoms with van der Waals surface area (Å²) in [4.78, 5) is 0. The molecule has 0 aromatic heterocycles. The van der Waals surface area contributed by atoms with Gasteiger partial charge in [-0.1, -0.05) is 20.8 Å². The van der Waals surface area contributed by atoms with E-state index in [1.54, 1.807) is 0 Å². The standard InChI is InChI=1S/C8H16O2/c1-4-6-5-8(2,3)7(9)10-6/h6-7,9H,4-5H2,1-3H3/t6?,7-/m1/s1. The molecule has 0 aliphatic carbocycles. The van der Waals surface area contributed by atoms with E-state index in [-0.39, 0.29) is 11.5 Å². The normalized spacial score (nSPS) is 38.4. The van der Waals surface area contributed by atoms with Gasteiger partial charge in [0.05, 0.1) is 6.10 Å². The van der Waals surface area contributed by atoms with Gasteiger partial charge in [0, 0.05) is 5.41 Å². The summed E-state index contributed by atoms with van der Waals surface area (Å²) in [6.45, 7) is 6.15. The molecule has 1 fully saturated rings. The molecule has 2 atom stereocenters. The van der Waals surface area contributed by atoms with Crippen molar-refractivity contribution < 1.29 is 9.84 Å². The largest absolute Gasteiger partial charge is 0.367 e. The van der Waals surface area contributed by atoms with Crippen LogP contribution < -0.4 is 0 Å². The summed E-state index contributed by atoms with van der Waals surface area (Å²) < 4.78 is 5.28. The molecule has 0 aromatic carbocycles. The molecule has 2 heteroatoms. The first-order chi connectivity index (χ1) is 4.56. The van der Waals surface area contributed by atoms with Gasteiger partial charge in [-0.15, -0.1) is 0 Å². The molecule has 1 rings (SSSR count). The topological polar surface area (TPSA) is 29.5 Å². The van der Waals surface area contributed by atoms with Gasteiger partial charge in [-0.2, -0.15) is 0 Å². The van der Waals surface area contributed by atoms with E-state index in [0.29, 0.717) is 0 Å². The van der Waals surface area contributed by atoms with Gasteiger partial charge in [0.2, 0.25) is 0 Å². The molecule has 0 saturated carbocycles. The number of hydrogen-bond acceptors (Lipinski definition) is 2. The zero-order valence-electron chi connectivity index (χ0n) is 6.92. The lowest BCUT2D eigenvalue weighted by Gasteiger charge is -2.18. The van der Waals surface area contributed by atoms with Crippen LogP contribution >= 0.6 is 0 Å². The molecule has 1 unspecified atom stereocenters. The Hall–Kier alpha value is -0.0800. The van der Waals surface area contributed by atoms with Crippen LogP contribution in [0.25, 0.3) is 0 Å². The quantitative estimate of drug-likeness (QED) is 0.604. The number of ether oxygens (including phenoxy) is 1. The summed E-state index contributed by atoms with van der Waals surface area (Å²) in [5.41, 5.74) is -0.0410. The maximum atomic E-state index is 9.34. The third-order valence-electron chi connectivity index (χ3n) is 2.20. The Kier molecular flexibility index (Phi) is 2.02. The molecule has 0 bridgehead atoms. The maximum Gasteiger partial charge on any atom is 0.160 e. The van der Waals surface area contributed by atoms with Crippen LogP contribution in [0.15, 0.2) is 0 Å². The van der Waals surface area contributed by atoms with Gasteiger partial charge in [-0.05, 0) is 12.8 Å². The molecule has 0 radical (unpaired) electrons. The van der Waals surface area contributed by atoms with E-state index >= 15 is 0 Å². The van der Waals surface area contributed by atoms with Gasteiger partial charge in [-0.25, -0.2) is 0 Å². The van der Waals surface area contributed by atoms with Crippen molar-refractivity contribution in [3.8, 4) is 0 Å². The molecule has 1 aliphatic heterocycles. The Morgan fingerprint density at radius 3 is 2.40 bits per heavy atom. The van der Waals surface area contributed by atoms with Crippen LogP contribution in [0.3, 0.4) is 0 Å². The number of aliphatic hydroxyl groups is 1. The van der Waals surface area contributed by atoms with Gasteiger partial charge >= 0.3 is 0 Å². The van der Waals surface area contributed by atoms with Gasteiger partial charge in [0.1, 0.15) is 0 Å². The minimum absolute atomic E-state index is 0.0410. The fourth-order valence-electron chi connectivity index (χ4n) is 1.34. The Labute approximate surface area is 62.2 Å². The second-order valence-electron chi connectivity index (χ2n) is 3.71. The van der Waals surface area contributed by atoms with E-state index in [0.717, 1.165) is 12.8 Å². The monoisotopic (exact) mass is 144 g/mol. The van der Waals surface area contributed by atoms with Gasteiger partial charge in [-0.3, -0.25) is 0 Å². The first-order valence-corrected chi connectivity index (χ1v) is 3.90. The predicted octanol–water partition coefficient (Wildman–Crippen LogP) is 1.53. The number of rotatable bonds is 1. The SMILES string of the molecule is CCC1CC(C)(C)[C@H](O)O1. The fourth-order valence-corrected chi connectivity index (χ4v) is 1.34. The summed E-state index contributed by atoms with van der Waals surface area (Å²) in [6, 6.07) is 0. The van der Waals surface area contributed by atoms with E-state index in [4.69, 9.17) is 4.74 Å². The van der Waals surface area contributed by atoms with Crippen LogP contribution in [0.5, 0.6) is 0 Å². The van der Waals surface area contributed by atoms with Gasteiger partial charge < -0.3 is 9.84 Å². The van der Waals surface area contributed by atoms with Crippen molar-refractivity contribution in [1.29, 1.82) is 0 Å². The minimum Gasteiger partial charge on any atom is -0.367 e. The predicted molar refractivity (Wildman–Crippen MR) is 39.6 cm³/mol. The van der Waals surface area contributed by atoms with Crippen LogP contribution in [-0.2, 0) is 4.74 Å². The van der Waals surface area contributed by atoms with Crippen LogP contribution in [-0.4, -0.2) is 17.5 Å². The summed E-state index contributed by atoms with van der Waals surface area (Å²) in [5, 5.41) is 9.34. The first-order valence-electron chi connectivity index (χ1n) is 3.90. The van der Waals surface area contributed by atoms with Gasteiger partial charge in [0.15, 0.2) is 6.29 Å². The Morgan fingerprint density at radius 1 is 1.60 bits per heavy atom. The zero-order chi connectivity index (χ0) is 7.78. The molecular weight excluding hydrogens is 128 g/mol. The Morgan fingerprint density at radius 2 is 2.20 bits per heavy atom. The molecule has 0 amide bonds. The van der Waals surface area contributed by atoms with E-state index in [1.807, 2.05) is 13.8 Å². The first kappa shape index (κ1) is 8.02. The molecule has 1 aliphatic rings. The van der Waals surface area contributed by atoms with E-state index in [9.17, 15) is 5.11 Å². The highest BCUT2D eigenvalue weighted by molar-refractivity contribution is 4.82. The molecule has 1 saturated heterocycles. The lowest BCUT2D eigenvalue weighted by molar-refractivity contribution is -0.127. The second-order valence-corrected chi connectivity index (χ2v) is 3.71. The number of hydrogen-bond donors (Lipinski definition) is 1. The van der Waals surface area contributed by atoms with E-state index in [2.05, 4.69) is 6.92 Å². The Balaban J connectivity index is 2.53. The highest BCUT2D eigenvalue weighted by Gasteiger charge is 2.39. The van der Waals surface area contributed by atoms with Crippen molar-refractivity contribution in [3.05, 3.63) is 0 Å². The van der Waals surface area contributed by atoms with Crippen molar-refractivity contribution in [3.63, 3.8) is 0 Å². The molecular formula is C8H16O2. The highest BCUT2D eigenvalue weighted by atomic mass is 16.6. The second kappa shape index (κ2) is 2.51. The van der Waals surface area contributed by atoms with E-state index < -0.39 is 6.29 Å². The lowest BCUT2D eigenvalue weighted by atomic mass is 9.88. The summed E-state index contributed by atoms with van der Waals surface area (Å²) >= 11 is 0. The highest BCUT2D eigenvalue weighted by Crippen LogP contribution is 2.37. The maximum absolute atomic E-state index is 9.34. The van der Waals surface area contributed by atoms with Crippen molar-refractivity contribution in [2.45, 2.75) is 46.0 Å². The zero-order valence-corrected chi connectivity index (χ0v) is 6.92. The third-order valence-corrected chi connectivity index (χ3v) is 2.20. The minimum atomic E-state index is -0.558. The number of aliphatic hydroxyl groups excluding tert-OH is 1. The molecule has 10 heavy (non-hydrogen) atoms. The lowest BCUT2D eigenvalue weighted by Crippen LogP contribution is -2.23. The van der Waals surface area contributed by atoms with Crippen LogP contribution in [0.1, 0.15) is 33.6 Å². The molecule has 0 aromatic rings. The summed E-state index contributed by atoms with van der Waals surface area (Å²) in [7, 11) is 0. The molecule has 1 N–H and O–H groups in total. The van der Waals surface area contributed by atoms with E-state index in [1.165, 1.54) is 0 Å². The van der Waals surface area contributed by atoms with Crippen molar-refractivity contribution >= 4 is 0 Å². The molecule has 2 nitrogen and oxygen atoms in total. The van der Waals surface area contributed by atoms with Gasteiger partial charge in [0.25, 0.3) is 0 Å². The fraction of sp³-hybridized carbons (Fsp3) is 1.00. The smallest absolute Gasteiger partial charge is 0.160 e. The molecule has 0 spiro atoms.